The van der Waals surface area contributed by atoms with Crippen molar-refractivity contribution in [2.24, 2.45) is 0 Å². The standard InChI is InChI=1S/C18H12F2N2OS.2CH3F.CH2O/c1-11-22-14(10-24-11)5-3-12-4-6-17(21-9-12)15-7-13(19)8-16(20)18(15)23-2;3*1-2/h4,6-10H,1-2H3;2*1H3;1H2. The van der Waals surface area contributed by atoms with E-state index in [0.717, 1.165) is 11.1 Å². The van der Waals surface area contributed by atoms with E-state index in [-0.39, 0.29) is 11.3 Å². The number of thiazole rings is 1. The zero-order valence-corrected chi connectivity index (χ0v) is 17.6. The molecule has 0 bridgehead atoms. The average Bonchev–Trinajstić information content (AvgIpc) is 3.21. The maximum atomic E-state index is 13.8. The molecule has 9 heteroatoms. The summed E-state index contributed by atoms with van der Waals surface area (Å²) >= 11 is 1.53. The summed E-state index contributed by atoms with van der Waals surface area (Å²) in [6, 6.07) is 5.34. The van der Waals surface area contributed by atoms with Crippen molar-refractivity contribution in [1.29, 1.82) is 0 Å². The Hall–Kier alpha value is -3.25. The zero-order valence-electron chi connectivity index (χ0n) is 16.8. The van der Waals surface area contributed by atoms with Gasteiger partial charge in [-0.15, -0.1) is 11.3 Å². The largest absolute Gasteiger partial charge is 0.493 e. The number of aryl methyl sites for hydroxylation is 1. The number of ether oxygens (including phenoxy) is 1. The Balaban J connectivity index is 0.00000129. The average molecular weight is 440 g/mol. The van der Waals surface area contributed by atoms with Crippen LogP contribution in [0.1, 0.15) is 16.3 Å². The number of methoxy groups -OCH3 is 1. The van der Waals surface area contributed by atoms with Gasteiger partial charge in [0.15, 0.2) is 11.6 Å². The molecule has 0 fully saturated rings. The molecular formula is C21H20F4N2O2S. The molecule has 4 nitrogen and oxygen atoms in total. The van der Waals surface area contributed by atoms with Crippen LogP contribution < -0.4 is 4.74 Å². The molecule has 30 heavy (non-hydrogen) atoms. The molecule has 0 atom stereocenters. The number of aromatic nitrogens is 2. The normalized spacial score (nSPS) is 8.67. The molecule has 0 saturated heterocycles. The quantitative estimate of drug-likeness (QED) is 0.407. The maximum absolute atomic E-state index is 13.8. The molecule has 160 valence electrons. The molecule has 2 heterocycles. The van der Waals surface area contributed by atoms with Gasteiger partial charge in [0.2, 0.25) is 0 Å². The van der Waals surface area contributed by atoms with Crippen LogP contribution in [0.4, 0.5) is 17.6 Å². The van der Waals surface area contributed by atoms with E-state index < -0.39 is 11.6 Å². The lowest BCUT2D eigenvalue weighted by atomic mass is 10.1. The van der Waals surface area contributed by atoms with Gasteiger partial charge < -0.3 is 9.53 Å². The predicted octanol–water partition coefficient (Wildman–Crippen LogP) is 5.19. The minimum absolute atomic E-state index is 0.0410. The van der Waals surface area contributed by atoms with Crippen LogP contribution in [-0.4, -0.2) is 38.2 Å². The number of rotatable bonds is 2. The number of alkyl halides is 2. The van der Waals surface area contributed by atoms with Crippen LogP contribution >= 0.6 is 11.3 Å². The molecule has 0 unspecified atom stereocenters. The fourth-order valence-electron chi connectivity index (χ4n) is 2.14. The molecule has 0 aliphatic heterocycles. The van der Waals surface area contributed by atoms with Crippen LogP contribution in [0.15, 0.2) is 35.8 Å². The first kappa shape index (κ1) is 26.8. The third-order valence-electron chi connectivity index (χ3n) is 3.21. The first-order chi connectivity index (χ1) is 14.6. The first-order valence-electron chi connectivity index (χ1n) is 8.05. The van der Waals surface area contributed by atoms with Crippen molar-refractivity contribution in [3.8, 4) is 28.8 Å². The van der Waals surface area contributed by atoms with Gasteiger partial charge in [0.25, 0.3) is 0 Å². The Labute approximate surface area is 176 Å². The van der Waals surface area contributed by atoms with Crippen LogP contribution in [0.3, 0.4) is 0 Å². The number of halogens is 4. The highest BCUT2D eigenvalue weighted by molar-refractivity contribution is 7.09. The van der Waals surface area contributed by atoms with Crippen LogP contribution in [0, 0.1) is 30.4 Å². The highest BCUT2D eigenvalue weighted by atomic mass is 32.1. The summed E-state index contributed by atoms with van der Waals surface area (Å²) in [4.78, 5) is 16.5. The second-order valence-corrected chi connectivity index (χ2v) is 5.96. The molecule has 3 rings (SSSR count). The molecule has 0 aliphatic rings. The number of hydrogen-bond donors (Lipinski definition) is 0. The number of carbonyl (C=O) groups is 1. The predicted molar refractivity (Wildman–Crippen MR) is 110 cm³/mol. The van der Waals surface area contributed by atoms with E-state index in [0.29, 0.717) is 31.3 Å². The monoisotopic (exact) mass is 440 g/mol. The van der Waals surface area contributed by atoms with E-state index in [9.17, 15) is 17.6 Å². The van der Waals surface area contributed by atoms with Gasteiger partial charge in [-0.25, -0.2) is 13.8 Å². The number of hydrogen-bond acceptors (Lipinski definition) is 5. The summed E-state index contributed by atoms with van der Waals surface area (Å²) in [6.45, 7) is 3.91. The highest BCUT2D eigenvalue weighted by Gasteiger charge is 2.14. The minimum atomic E-state index is -0.767. The SMILES string of the molecule is C=O.CF.CF.COc1c(F)cc(F)cc1-c1ccc(C#Cc2csc(C)n2)cn1. The number of nitrogens with zero attached hydrogens (tertiary/aromatic N) is 2. The highest BCUT2D eigenvalue weighted by Crippen LogP contribution is 2.32. The van der Waals surface area contributed by atoms with Gasteiger partial charge in [-0.05, 0) is 31.0 Å². The lowest BCUT2D eigenvalue weighted by Crippen LogP contribution is -1.95. The maximum Gasteiger partial charge on any atom is 0.168 e. The van der Waals surface area contributed by atoms with Crippen molar-refractivity contribution >= 4 is 18.1 Å². The van der Waals surface area contributed by atoms with Gasteiger partial charge in [-0.1, -0.05) is 5.92 Å². The Bertz CT molecular complexity index is 967. The van der Waals surface area contributed by atoms with E-state index in [1.165, 1.54) is 24.5 Å². The molecule has 0 aliphatic carbocycles. The summed E-state index contributed by atoms with van der Waals surface area (Å²) in [7, 11) is 2.33. The topological polar surface area (TPSA) is 52.1 Å². The van der Waals surface area contributed by atoms with Crippen molar-refractivity contribution in [2.75, 3.05) is 21.5 Å². The molecule has 0 saturated carbocycles. The van der Waals surface area contributed by atoms with Crippen molar-refractivity contribution in [2.45, 2.75) is 6.92 Å². The molecular weight excluding hydrogens is 420 g/mol. The van der Waals surface area contributed by atoms with Gasteiger partial charge >= 0.3 is 0 Å². The van der Waals surface area contributed by atoms with Crippen molar-refractivity contribution in [3.63, 3.8) is 0 Å². The van der Waals surface area contributed by atoms with Crippen LogP contribution in [0.25, 0.3) is 11.3 Å². The third kappa shape index (κ3) is 7.64. The van der Waals surface area contributed by atoms with Crippen LogP contribution in [0.5, 0.6) is 5.75 Å². The lowest BCUT2D eigenvalue weighted by Gasteiger charge is -2.09. The molecule has 0 spiro atoms. The number of benzene rings is 1. The molecule has 0 N–H and O–H groups in total. The van der Waals surface area contributed by atoms with Crippen molar-refractivity contribution in [3.05, 3.63) is 63.7 Å². The van der Waals surface area contributed by atoms with Crippen LogP contribution in [0.2, 0.25) is 0 Å². The van der Waals surface area contributed by atoms with E-state index in [1.807, 2.05) is 19.1 Å². The first-order valence-corrected chi connectivity index (χ1v) is 8.93. The van der Waals surface area contributed by atoms with E-state index >= 15 is 0 Å². The number of carbonyl (C=O) groups excluding carboxylic acids is 1. The molecule has 3 aromatic rings. The Morgan fingerprint density at radius 3 is 2.23 bits per heavy atom. The summed E-state index contributed by atoms with van der Waals surface area (Å²) in [5.41, 5.74) is 2.04. The van der Waals surface area contributed by atoms with Gasteiger partial charge in [0.05, 0.1) is 32.2 Å². The Morgan fingerprint density at radius 1 is 1.07 bits per heavy atom. The van der Waals surface area contributed by atoms with Gasteiger partial charge in [-0.2, -0.15) is 0 Å². The summed E-state index contributed by atoms with van der Waals surface area (Å²) in [5.74, 6) is 4.41. The van der Waals surface area contributed by atoms with Gasteiger partial charge in [0.1, 0.15) is 18.3 Å². The zero-order chi connectivity index (χ0) is 23.1. The smallest absolute Gasteiger partial charge is 0.168 e. The van der Waals surface area contributed by atoms with E-state index in [4.69, 9.17) is 9.53 Å². The van der Waals surface area contributed by atoms with Crippen molar-refractivity contribution < 1.29 is 27.1 Å². The van der Waals surface area contributed by atoms with Gasteiger partial charge in [0, 0.05) is 28.8 Å². The molecule has 2 aromatic heterocycles. The van der Waals surface area contributed by atoms with E-state index in [2.05, 4.69) is 21.8 Å². The fourth-order valence-corrected chi connectivity index (χ4v) is 2.69. The summed E-state index contributed by atoms with van der Waals surface area (Å²) < 4.78 is 51.2. The fraction of sp³-hybridized carbons (Fsp3) is 0.190. The summed E-state index contributed by atoms with van der Waals surface area (Å²) in [5, 5.41) is 2.83. The second-order valence-electron chi connectivity index (χ2n) is 4.90. The van der Waals surface area contributed by atoms with E-state index in [1.54, 1.807) is 18.3 Å². The number of pyridine rings is 1. The molecule has 0 amide bonds. The van der Waals surface area contributed by atoms with Gasteiger partial charge in [-0.3, -0.25) is 13.8 Å². The molecule has 0 radical (unpaired) electrons. The van der Waals surface area contributed by atoms with Crippen molar-refractivity contribution in [1.82, 2.24) is 9.97 Å². The third-order valence-corrected chi connectivity index (χ3v) is 3.98. The Kier molecular flexibility index (Phi) is 13.1. The van der Waals surface area contributed by atoms with Crippen LogP contribution in [-0.2, 0) is 4.79 Å². The second kappa shape index (κ2) is 14.7. The Morgan fingerprint density at radius 2 is 1.73 bits per heavy atom. The minimum Gasteiger partial charge on any atom is -0.493 e. The lowest BCUT2D eigenvalue weighted by molar-refractivity contribution is -0.0979. The molecule has 1 aromatic carbocycles. The summed E-state index contributed by atoms with van der Waals surface area (Å²) in [6.07, 6.45) is 1.55.